The van der Waals surface area contributed by atoms with Crippen LogP contribution in [0.2, 0.25) is 0 Å². The molecule has 0 aromatic heterocycles. The fraction of sp³-hybridized carbons (Fsp3) is 0.727. The van der Waals surface area contributed by atoms with Crippen LogP contribution in [0.25, 0.3) is 0 Å². The van der Waals surface area contributed by atoms with E-state index in [1.54, 1.807) is 0 Å². The zero-order chi connectivity index (χ0) is 40.5. The lowest BCUT2D eigenvalue weighted by molar-refractivity contribution is -0.154. The van der Waals surface area contributed by atoms with Crippen molar-refractivity contribution in [1.29, 1.82) is 0 Å². The number of aliphatic carboxylic acids is 1. The highest BCUT2D eigenvalue weighted by Gasteiger charge is 2.27. The number of hydrogen-bond donors (Lipinski definition) is 3. The Kier molecular flexibility index (Phi) is 38.2. The number of carbonyl (C=O) groups excluding carboxylic acids is 1. The average Bonchev–Trinajstić information content (AvgIpc) is 3.16. The Bertz CT molecular complexity index is 1100. The smallest absolute Gasteiger partial charge is 0.472 e. The first-order valence-electron chi connectivity index (χ1n) is 21.3. The van der Waals surface area contributed by atoms with Crippen LogP contribution < -0.4 is 5.73 Å². The Hall–Kier alpha value is -2.33. The molecule has 0 heterocycles. The molecule has 318 valence electrons. The van der Waals surface area contributed by atoms with E-state index in [1.165, 1.54) is 83.5 Å². The third-order valence-electron chi connectivity index (χ3n) is 8.81. The van der Waals surface area contributed by atoms with Crippen molar-refractivity contribution in [1.82, 2.24) is 0 Å². The quantitative estimate of drug-likeness (QED) is 0.0236. The minimum Gasteiger partial charge on any atom is -0.480 e. The molecule has 0 amide bonds. The standard InChI is InChI=1S/C44H78NO9P/c1-3-5-7-9-11-13-15-17-19-21-22-24-26-28-30-32-34-36-43(46)54-41(39-52-55(49,50)53-40-42(45)44(47)48)38-51-37-35-33-31-29-27-25-23-20-18-16-14-12-10-8-6-4-2/h5,7,11,13,17,19,22,24,28,30,41-42H,3-4,6,8-10,12,14-16,18,20-21,23,25-27,29,31-40,45H2,1-2H3,(H,47,48)(H,49,50)/b7-5-,13-11-,19-17-,24-22-,30-28-. The first-order chi connectivity index (χ1) is 26.7. The molecule has 55 heavy (non-hydrogen) atoms. The fourth-order valence-corrected chi connectivity index (χ4v) is 6.30. The molecule has 3 atom stereocenters. The van der Waals surface area contributed by atoms with E-state index in [4.69, 9.17) is 29.4 Å². The number of ether oxygens (including phenoxy) is 2. The van der Waals surface area contributed by atoms with E-state index in [0.717, 1.165) is 51.4 Å². The number of esters is 1. The Morgan fingerprint density at radius 1 is 0.600 bits per heavy atom. The number of unbranched alkanes of at least 4 members (excludes halogenated alkanes) is 16. The summed E-state index contributed by atoms with van der Waals surface area (Å²) in [5, 5.41) is 8.89. The number of allylic oxidation sites excluding steroid dienone is 10. The number of hydrogen-bond acceptors (Lipinski definition) is 8. The van der Waals surface area contributed by atoms with Crippen LogP contribution in [0.1, 0.15) is 168 Å². The Morgan fingerprint density at radius 3 is 1.51 bits per heavy atom. The highest BCUT2D eigenvalue weighted by atomic mass is 31.2. The van der Waals surface area contributed by atoms with Crippen LogP contribution in [0.4, 0.5) is 0 Å². The lowest BCUT2D eigenvalue weighted by atomic mass is 10.0. The van der Waals surface area contributed by atoms with Crippen LogP contribution in [0.5, 0.6) is 0 Å². The van der Waals surface area contributed by atoms with Crippen molar-refractivity contribution in [3.63, 3.8) is 0 Å². The molecule has 0 aliphatic carbocycles. The molecular weight excluding hydrogens is 717 g/mol. The highest BCUT2D eigenvalue weighted by molar-refractivity contribution is 7.47. The van der Waals surface area contributed by atoms with Crippen molar-refractivity contribution in [2.45, 2.75) is 180 Å². The van der Waals surface area contributed by atoms with Gasteiger partial charge in [0.25, 0.3) is 0 Å². The normalized spacial score (nSPS) is 14.5. The van der Waals surface area contributed by atoms with Gasteiger partial charge in [-0.15, -0.1) is 0 Å². The van der Waals surface area contributed by atoms with E-state index in [2.05, 4.69) is 68.5 Å². The van der Waals surface area contributed by atoms with Gasteiger partial charge in [0, 0.05) is 13.0 Å². The van der Waals surface area contributed by atoms with Crippen LogP contribution in [0.15, 0.2) is 60.8 Å². The summed E-state index contributed by atoms with van der Waals surface area (Å²) in [4.78, 5) is 33.5. The van der Waals surface area contributed by atoms with Crippen molar-refractivity contribution < 1.29 is 42.7 Å². The summed E-state index contributed by atoms with van der Waals surface area (Å²) in [6.45, 7) is 3.70. The number of phosphoric ester groups is 1. The average molecular weight is 796 g/mol. The molecule has 0 bridgehead atoms. The number of phosphoric acid groups is 1. The first kappa shape index (κ1) is 52.7. The number of carboxylic acid groups (broad SMARTS) is 1. The van der Waals surface area contributed by atoms with Gasteiger partial charge >= 0.3 is 19.8 Å². The largest absolute Gasteiger partial charge is 0.480 e. The Balaban J connectivity index is 4.35. The van der Waals surface area contributed by atoms with Gasteiger partial charge in [0.1, 0.15) is 12.1 Å². The predicted molar refractivity (Wildman–Crippen MR) is 226 cm³/mol. The molecule has 0 saturated carbocycles. The SMILES string of the molecule is CC/C=C\C/C=C\C/C=C\C/C=C\C/C=C\CCCC(=O)OC(COCCCCCCCCCCCCCCCCCC)COP(=O)(O)OCC(N)C(=O)O. The van der Waals surface area contributed by atoms with E-state index >= 15 is 0 Å². The van der Waals surface area contributed by atoms with Crippen molar-refractivity contribution in [2.75, 3.05) is 26.4 Å². The molecule has 0 aliphatic rings. The third kappa shape index (κ3) is 39.7. The monoisotopic (exact) mass is 796 g/mol. The maximum Gasteiger partial charge on any atom is 0.472 e. The van der Waals surface area contributed by atoms with Crippen LogP contribution >= 0.6 is 7.82 Å². The summed E-state index contributed by atoms with van der Waals surface area (Å²) >= 11 is 0. The van der Waals surface area contributed by atoms with Gasteiger partial charge in [0.05, 0.1) is 19.8 Å². The fourth-order valence-electron chi connectivity index (χ4n) is 5.52. The highest BCUT2D eigenvalue weighted by Crippen LogP contribution is 2.43. The minimum absolute atomic E-state index is 0.00606. The van der Waals surface area contributed by atoms with Crippen LogP contribution in [0, 0.1) is 0 Å². The van der Waals surface area contributed by atoms with Gasteiger partial charge in [-0.2, -0.15) is 0 Å². The van der Waals surface area contributed by atoms with Gasteiger partial charge in [-0.1, -0.05) is 171 Å². The molecule has 0 aromatic rings. The van der Waals surface area contributed by atoms with Crippen molar-refractivity contribution in [2.24, 2.45) is 5.73 Å². The summed E-state index contributed by atoms with van der Waals surface area (Å²) in [5.74, 6) is -1.84. The number of rotatable bonds is 40. The minimum atomic E-state index is -4.63. The molecular formula is C44H78NO9P. The maximum absolute atomic E-state index is 12.6. The molecule has 0 aromatic carbocycles. The van der Waals surface area contributed by atoms with Crippen molar-refractivity contribution >= 4 is 19.8 Å². The van der Waals surface area contributed by atoms with Gasteiger partial charge < -0.3 is 25.2 Å². The second-order valence-electron chi connectivity index (χ2n) is 14.1. The Morgan fingerprint density at radius 2 is 1.04 bits per heavy atom. The van der Waals surface area contributed by atoms with Crippen molar-refractivity contribution in [3.8, 4) is 0 Å². The van der Waals surface area contributed by atoms with Gasteiger partial charge in [-0.05, 0) is 51.4 Å². The zero-order valence-corrected chi connectivity index (χ0v) is 35.4. The number of nitrogens with two attached hydrogens (primary N) is 1. The van der Waals surface area contributed by atoms with E-state index in [1.807, 2.05) is 6.08 Å². The lowest BCUT2D eigenvalue weighted by Crippen LogP contribution is -2.34. The van der Waals surface area contributed by atoms with Crippen LogP contribution in [-0.4, -0.2) is 60.5 Å². The van der Waals surface area contributed by atoms with Gasteiger partial charge in [0.15, 0.2) is 0 Å². The summed E-state index contributed by atoms with van der Waals surface area (Å²) in [6.07, 6.45) is 47.1. The topological polar surface area (TPSA) is 155 Å². The lowest BCUT2D eigenvalue weighted by Gasteiger charge is -2.20. The van der Waals surface area contributed by atoms with Crippen molar-refractivity contribution in [3.05, 3.63) is 60.8 Å². The second-order valence-corrected chi connectivity index (χ2v) is 15.5. The Labute approximate surface area is 334 Å². The van der Waals surface area contributed by atoms with E-state index < -0.39 is 45.1 Å². The van der Waals surface area contributed by atoms with Crippen LogP contribution in [0.3, 0.4) is 0 Å². The predicted octanol–water partition coefficient (Wildman–Crippen LogP) is 11.6. The molecule has 0 spiro atoms. The zero-order valence-electron chi connectivity index (χ0n) is 34.5. The number of carbonyl (C=O) groups is 2. The summed E-state index contributed by atoms with van der Waals surface area (Å²) < 4.78 is 33.3. The molecule has 10 nitrogen and oxygen atoms in total. The van der Waals surface area contributed by atoms with E-state index in [-0.39, 0.29) is 13.0 Å². The third-order valence-corrected chi connectivity index (χ3v) is 9.76. The van der Waals surface area contributed by atoms with Gasteiger partial charge in [-0.3, -0.25) is 18.6 Å². The van der Waals surface area contributed by atoms with E-state index in [9.17, 15) is 19.0 Å². The van der Waals surface area contributed by atoms with Gasteiger partial charge in [0.2, 0.25) is 0 Å². The molecule has 0 saturated heterocycles. The van der Waals surface area contributed by atoms with Gasteiger partial charge in [-0.25, -0.2) is 4.57 Å². The molecule has 0 fully saturated rings. The first-order valence-corrected chi connectivity index (χ1v) is 22.8. The van der Waals surface area contributed by atoms with Crippen LogP contribution in [-0.2, 0) is 32.7 Å². The maximum atomic E-state index is 12.6. The molecule has 0 aliphatic heterocycles. The number of carboxylic acids is 1. The summed E-state index contributed by atoms with van der Waals surface area (Å²) in [5.41, 5.74) is 5.35. The summed E-state index contributed by atoms with van der Waals surface area (Å²) in [6, 6.07) is -1.48. The molecule has 0 radical (unpaired) electrons. The molecule has 4 N–H and O–H groups in total. The molecule has 0 rings (SSSR count). The summed E-state index contributed by atoms with van der Waals surface area (Å²) in [7, 11) is -4.63. The van der Waals surface area contributed by atoms with E-state index in [0.29, 0.717) is 19.4 Å². The molecule has 11 heteroatoms. The molecule has 3 unspecified atom stereocenters. The second kappa shape index (κ2) is 39.9.